The zero-order valence-corrected chi connectivity index (χ0v) is 19.9. The SMILES string of the molecule is CCOC/C=C(\Nc1ccccc1I)c1ccccc1.[C-]#[O+].[C-]#[O+].[C-]#[O+].[C-]#[O+].[C-]#[O+].[Cr]. The van der Waals surface area contributed by atoms with Crippen molar-refractivity contribution in [2.45, 2.75) is 6.92 Å². The first-order chi connectivity index (χ1) is 14.8. The van der Waals surface area contributed by atoms with Crippen LogP contribution in [0.5, 0.6) is 0 Å². The fraction of sp³-hybridized carbons (Fsp3) is 0.136. The van der Waals surface area contributed by atoms with E-state index in [1.807, 2.05) is 37.3 Å². The monoisotopic (exact) mass is 571 g/mol. The number of halogens is 1. The summed E-state index contributed by atoms with van der Waals surface area (Å²) >= 11 is 2.34. The Morgan fingerprint density at radius 2 is 1.29 bits per heavy atom. The molecule has 9 heteroatoms. The van der Waals surface area contributed by atoms with Crippen LogP contribution in [-0.2, 0) is 45.4 Å². The van der Waals surface area contributed by atoms with Crippen molar-refractivity contribution in [1.82, 2.24) is 0 Å². The van der Waals surface area contributed by atoms with Gasteiger partial charge < -0.3 is 10.1 Å². The molecule has 7 nitrogen and oxygen atoms in total. The Hall–Kier alpha value is -2.10. The molecule has 0 aliphatic carbocycles. The zero-order chi connectivity index (χ0) is 24.2. The Morgan fingerprint density at radius 3 is 1.74 bits per heavy atom. The van der Waals surface area contributed by atoms with Crippen molar-refractivity contribution in [3.63, 3.8) is 0 Å². The Bertz CT molecular complexity index is 751. The number of nitrogens with one attached hydrogen (secondary N) is 1. The summed E-state index contributed by atoms with van der Waals surface area (Å²) in [7, 11) is 0. The van der Waals surface area contributed by atoms with Gasteiger partial charge in [0.2, 0.25) is 0 Å². The van der Waals surface area contributed by atoms with Crippen LogP contribution in [-0.4, -0.2) is 13.2 Å². The van der Waals surface area contributed by atoms with Gasteiger partial charge in [0.15, 0.2) is 0 Å². The molecule has 0 saturated heterocycles. The third-order valence-electron chi connectivity index (χ3n) is 2.84. The van der Waals surface area contributed by atoms with Crippen LogP contribution >= 0.6 is 22.6 Å². The van der Waals surface area contributed by atoms with Gasteiger partial charge in [0.25, 0.3) is 0 Å². The molecule has 31 heavy (non-hydrogen) atoms. The molecule has 0 atom stereocenters. The molecule has 1 N–H and O–H groups in total. The molecule has 0 fully saturated rings. The Kier molecular flexibility index (Phi) is 44.9. The van der Waals surface area contributed by atoms with Crippen LogP contribution in [0.15, 0.2) is 60.7 Å². The van der Waals surface area contributed by atoms with Crippen LogP contribution in [0.4, 0.5) is 5.69 Å². The molecule has 0 aliphatic heterocycles. The standard InChI is InChI=1S/C17H18INO.5CO.Cr/c1-2-20-13-12-16(14-8-4-3-5-9-14)19-17-11-7-6-10-15(17)18;5*1-2;/h3-12,19H,2,13H2,1H3;;;;;;/b16-12-;;;;;;. The van der Waals surface area contributed by atoms with Gasteiger partial charge >= 0.3 is 56.5 Å². The first kappa shape index (κ1) is 39.4. The van der Waals surface area contributed by atoms with E-state index in [4.69, 9.17) is 28.0 Å². The first-order valence-corrected chi connectivity index (χ1v) is 8.76. The second kappa shape index (κ2) is 35.3. The third kappa shape index (κ3) is 20.9. The van der Waals surface area contributed by atoms with Gasteiger partial charge in [-0.15, -0.1) is 0 Å². The minimum absolute atomic E-state index is 0. The molecule has 160 valence electrons. The second-order valence-electron chi connectivity index (χ2n) is 4.25. The maximum absolute atomic E-state index is 7.50. The topological polar surface area (TPSA) is 121 Å². The van der Waals surface area contributed by atoms with Gasteiger partial charge in [0.1, 0.15) is 0 Å². The molecular formula is C22H18CrINO6. The van der Waals surface area contributed by atoms with Gasteiger partial charge in [0, 0.05) is 33.2 Å². The summed E-state index contributed by atoms with van der Waals surface area (Å²) < 4.78 is 44.1. The van der Waals surface area contributed by atoms with Crippen molar-refractivity contribution in [3.05, 3.63) is 103 Å². The predicted molar refractivity (Wildman–Crippen MR) is 113 cm³/mol. The molecule has 0 heterocycles. The van der Waals surface area contributed by atoms with E-state index in [9.17, 15) is 0 Å². The third-order valence-corrected chi connectivity index (χ3v) is 3.78. The number of hydrogen-bond donors (Lipinski definition) is 1. The minimum Gasteiger partial charge on any atom is 0 e. The van der Waals surface area contributed by atoms with Gasteiger partial charge in [-0.2, -0.15) is 0 Å². The van der Waals surface area contributed by atoms with Crippen LogP contribution < -0.4 is 5.32 Å². The maximum atomic E-state index is 7.50. The van der Waals surface area contributed by atoms with E-state index in [-0.39, 0.29) is 17.4 Å². The summed E-state index contributed by atoms with van der Waals surface area (Å²) in [4.78, 5) is 0. The van der Waals surface area contributed by atoms with Crippen molar-refractivity contribution < 1.29 is 45.4 Å². The minimum atomic E-state index is 0. The summed E-state index contributed by atoms with van der Waals surface area (Å²) in [5, 5.41) is 3.50. The average molecular weight is 571 g/mol. The van der Waals surface area contributed by atoms with Crippen molar-refractivity contribution in [2.24, 2.45) is 0 Å². The fourth-order valence-corrected chi connectivity index (χ4v) is 2.35. The van der Waals surface area contributed by atoms with Crippen LogP contribution in [0, 0.1) is 36.8 Å². The van der Waals surface area contributed by atoms with Crippen molar-refractivity contribution in [3.8, 4) is 0 Å². The van der Waals surface area contributed by atoms with Crippen molar-refractivity contribution >= 4 is 34.0 Å². The van der Waals surface area contributed by atoms with E-state index >= 15 is 0 Å². The predicted octanol–water partition coefficient (Wildman–Crippen LogP) is 4.59. The van der Waals surface area contributed by atoms with Gasteiger partial charge in [0.05, 0.1) is 12.3 Å². The number of para-hydroxylation sites is 1. The maximum Gasteiger partial charge on any atom is 0 e. The van der Waals surface area contributed by atoms with E-state index in [1.165, 1.54) is 3.57 Å². The number of hydrogen-bond acceptors (Lipinski definition) is 2. The normalized spacial score (nSPS) is 7.68. The summed E-state index contributed by atoms with van der Waals surface area (Å²) in [6, 6.07) is 18.6. The van der Waals surface area contributed by atoms with E-state index in [1.54, 1.807) is 0 Å². The summed E-state index contributed by atoms with van der Waals surface area (Å²) in [5.74, 6) is 0. The fourth-order valence-electron chi connectivity index (χ4n) is 1.83. The summed E-state index contributed by atoms with van der Waals surface area (Å²) in [6.45, 7) is 25.8. The number of anilines is 1. The van der Waals surface area contributed by atoms with Gasteiger partial charge in [-0.1, -0.05) is 42.5 Å². The summed E-state index contributed by atoms with van der Waals surface area (Å²) in [6.07, 6.45) is 2.09. The summed E-state index contributed by atoms with van der Waals surface area (Å²) in [5.41, 5.74) is 3.34. The van der Waals surface area contributed by atoms with Gasteiger partial charge in [-0.05, 0) is 53.3 Å². The molecule has 0 amide bonds. The molecule has 0 saturated carbocycles. The van der Waals surface area contributed by atoms with E-state index in [2.05, 4.69) is 91.5 Å². The number of benzene rings is 2. The molecule has 0 radical (unpaired) electrons. The number of rotatable bonds is 6. The van der Waals surface area contributed by atoms with Crippen molar-refractivity contribution in [2.75, 3.05) is 18.5 Å². The molecule has 2 aromatic rings. The van der Waals surface area contributed by atoms with Gasteiger partial charge in [-0.3, -0.25) is 0 Å². The van der Waals surface area contributed by atoms with Crippen LogP contribution in [0.1, 0.15) is 12.5 Å². The smallest absolute Gasteiger partial charge is 0 e. The Labute approximate surface area is 207 Å². The van der Waals surface area contributed by atoms with Crippen molar-refractivity contribution in [1.29, 1.82) is 0 Å². The van der Waals surface area contributed by atoms with E-state index < -0.39 is 0 Å². The molecule has 0 aliphatic rings. The molecule has 2 aromatic carbocycles. The molecule has 2 rings (SSSR count). The largest absolute Gasteiger partial charge is 0 e. The Morgan fingerprint density at radius 1 is 0.839 bits per heavy atom. The van der Waals surface area contributed by atoms with E-state index in [0.717, 1.165) is 23.6 Å². The Balaban J connectivity index is -0.000000180. The number of ether oxygens (including phenoxy) is 1. The average Bonchev–Trinajstić information content (AvgIpc) is 2.87. The quantitative estimate of drug-likeness (QED) is 0.236. The molecule has 0 bridgehead atoms. The van der Waals surface area contributed by atoms with Gasteiger partial charge in [-0.25, -0.2) is 0 Å². The molecule has 0 spiro atoms. The van der Waals surface area contributed by atoms with Crippen LogP contribution in [0.3, 0.4) is 0 Å². The van der Waals surface area contributed by atoms with Crippen LogP contribution in [0.2, 0.25) is 0 Å². The zero-order valence-electron chi connectivity index (χ0n) is 16.4. The first-order valence-electron chi connectivity index (χ1n) is 7.68. The molecular weight excluding hydrogens is 553 g/mol. The molecule has 0 aromatic heterocycles. The van der Waals surface area contributed by atoms with E-state index in [0.29, 0.717) is 6.61 Å². The van der Waals surface area contributed by atoms with Crippen LogP contribution in [0.25, 0.3) is 5.70 Å². The second-order valence-corrected chi connectivity index (χ2v) is 5.41. The molecule has 0 unspecified atom stereocenters.